The Morgan fingerprint density at radius 3 is 2.33 bits per heavy atom. The molecule has 96 valence electrons. The van der Waals surface area contributed by atoms with Crippen molar-refractivity contribution in [1.82, 2.24) is 25.1 Å². The Labute approximate surface area is 104 Å². The van der Waals surface area contributed by atoms with Crippen molar-refractivity contribution < 1.29 is 9.47 Å². The topological polar surface area (TPSA) is 97.8 Å². The molecule has 0 aliphatic rings. The minimum Gasteiger partial charge on any atom is -0.467 e. The van der Waals surface area contributed by atoms with Crippen molar-refractivity contribution in [3.8, 4) is 12.0 Å². The lowest BCUT2D eigenvalue weighted by Gasteiger charge is -2.12. The van der Waals surface area contributed by atoms with Crippen LogP contribution in [0.4, 0.5) is 5.95 Å². The molecule has 0 spiro atoms. The van der Waals surface area contributed by atoms with Crippen molar-refractivity contribution in [2.45, 2.75) is 13.0 Å². The average Bonchev–Trinajstić information content (AvgIpc) is 2.92. The van der Waals surface area contributed by atoms with Crippen LogP contribution in [0.15, 0.2) is 12.4 Å². The zero-order chi connectivity index (χ0) is 13.0. The molecule has 2 aromatic heterocycles. The van der Waals surface area contributed by atoms with E-state index in [4.69, 9.17) is 9.47 Å². The number of nitrogens with one attached hydrogen (secondary N) is 2. The lowest BCUT2D eigenvalue weighted by atomic mass is 10.2. The van der Waals surface area contributed by atoms with Gasteiger partial charge in [0.15, 0.2) is 0 Å². The monoisotopic (exact) mass is 250 g/mol. The number of aromatic nitrogens is 5. The number of nitrogens with zero attached hydrogens (tertiary/aromatic N) is 4. The van der Waals surface area contributed by atoms with Gasteiger partial charge in [-0.15, -0.1) is 4.98 Å². The molecule has 2 rings (SSSR count). The maximum atomic E-state index is 4.97. The SMILES string of the molecule is COc1nc(NC(C)c2cn[nH]c2)nc(OC)n1. The van der Waals surface area contributed by atoms with E-state index in [1.165, 1.54) is 14.2 Å². The first kappa shape index (κ1) is 12.1. The van der Waals surface area contributed by atoms with Crippen molar-refractivity contribution in [2.24, 2.45) is 0 Å². The molecule has 2 N–H and O–H groups in total. The number of H-pyrrole nitrogens is 1. The zero-order valence-electron chi connectivity index (χ0n) is 10.3. The summed E-state index contributed by atoms with van der Waals surface area (Å²) in [6, 6.07) is 0.396. The Morgan fingerprint density at radius 2 is 1.83 bits per heavy atom. The fourth-order valence-electron chi connectivity index (χ4n) is 1.36. The van der Waals surface area contributed by atoms with Crippen LogP contribution in [0, 0.1) is 0 Å². The summed E-state index contributed by atoms with van der Waals surface area (Å²) in [5.74, 6) is 0.382. The molecule has 8 nitrogen and oxygen atoms in total. The highest BCUT2D eigenvalue weighted by atomic mass is 16.5. The van der Waals surface area contributed by atoms with Crippen LogP contribution in [0.3, 0.4) is 0 Å². The molecule has 8 heteroatoms. The Bertz CT molecular complexity index is 479. The molecular weight excluding hydrogens is 236 g/mol. The van der Waals surface area contributed by atoms with Crippen LogP contribution in [0.2, 0.25) is 0 Å². The normalized spacial score (nSPS) is 11.9. The van der Waals surface area contributed by atoms with E-state index in [0.29, 0.717) is 5.95 Å². The van der Waals surface area contributed by atoms with E-state index in [-0.39, 0.29) is 18.1 Å². The quantitative estimate of drug-likeness (QED) is 0.809. The minimum atomic E-state index is 0.000521. The number of rotatable bonds is 5. The van der Waals surface area contributed by atoms with Gasteiger partial charge in [0.05, 0.1) is 26.5 Å². The summed E-state index contributed by atoms with van der Waals surface area (Å²) in [7, 11) is 2.97. The van der Waals surface area contributed by atoms with Crippen molar-refractivity contribution in [3.05, 3.63) is 18.0 Å². The standard InChI is InChI=1S/C10H14N6O2/c1-6(7-4-11-12-5-7)13-8-14-9(17-2)16-10(15-8)18-3/h4-6H,1-3H3,(H,11,12)(H,13,14,15,16). The van der Waals surface area contributed by atoms with Crippen LogP contribution in [0.25, 0.3) is 0 Å². The molecule has 0 saturated carbocycles. The van der Waals surface area contributed by atoms with Crippen molar-refractivity contribution in [1.29, 1.82) is 0 Å². The number of hydrogen-bond donors (Lipinski definition) is 2. The predicted octanol–water partition coefficient (Wildman–Crippen LogP) is 0.785. The summed E-state index contributed by atoms with van der Waals surface area (Å²) in [5.41, 5.74) is 0.994. The van der Waals surface area contributed by atoms with Gasteiger partial charge in [0, 0.05) is 11.8 Å². The summed E-state index contributed by atoms with van der Waals surface area (Å²) < 4.78 is 9.94. The largest absolute Gasteiger partial charge is 0.467 e. The fourth-order valence-corrected chi connectivity index (χ4v) is 1.36. The Morgan fingerprint density at radius 1 is 1.17 bits per heavy atom. The van der Waals surface area contributed by atoms with E-state index < -0.39 is 0 Å². The van der Waals surface area contributed by atoms with Gasteiger partial charge in [0.25, 0.3) is 0 Å². The lowest BCUT2D eigenvalue weighted by Crippen LogP contribution is -2.10. The number of methoxy groups -OCH3 is 2. The van der Waals surface area contributed by atoms with Crippen LogP contribution in [-0.4, -0.2) is 39.4 Å². The predicted molar refractivity (Wildman–Crippen MR) is 63.6 cm³/mol. The van der Waals surface area contributed by atoms with Crippen LogP contribution >= 0.6 is 0 Å². The summed E-state index contributed by atoms with van der Waals surface area (Å²) in [5, 5.41) is 9.75. The number of aromatic amines is 1. The van der Waals surface area contributed by atoms with Gasteiger partial charge >= 0.3 is 12.0 Å². The van der Waals surface area contributed by atoms with E-state index in [1.54, 1.807) is 12.4 Å². The van der Waals surface area contributed by atoms with Crippen molar-refractivity contribution in [3.63, 3.8) is 0 Å². The fraction of sp³-hybridized carbons (Fsp3) is 0.400. The summed E-state index contributed by atoms with van der Waals surface area (Å²) in [6.45, 7) is 1.97. The number of hydrogen-bond acceptors (Lipinski definition) is 7. The molecule has 0 saturated heterocycles. The molecule has 2 aromatic rings. The van der Waals surface area contributed by atoms with E-state index in [1.807, 2.05) is 6.92 Å². The maximum Gasteiger partial charge on any atom is 0.324 e. The summed E-state index contributed by atoms with van der Waals surface area (Å²) >= 11 is 0. The number of ether oxygens (including phenoxy) is 2. The molecule has 1 unspecified atom stereocenters. The van der Waals surface area contributed by atoms with Gasteiger partial charge in [-0.05, 0) is 6.92 Å². The Hall–Kier alpha value is -2.38. The molecule has 18 heavy (non-hydrogen) atoms. The third-order valence-corrected chi connectivity index (χ3v) is 2.32. The lowest BCUT2D eigenvalue weighted by molar-refractivity contribution is 0.341. The highest BCUT2D eigenvalue weighted by Gasteiger charge is 2.11. The van der Waals surface area contributed by atoms with E-state index >= 15 is 0 Å². The van der Waals surface area contributed by atoms with Crippen LogP contribution in [-0.2, 0) is 0 Å². The molecule has 0 aliphatic carbocycles. The molecule has 2 heterocycles. The second kappa shape index (κ2) is 5.30. The minimum absolute atomic E-state index is 0.000521. The van der Waals surface area contributed by atoms with Crippen LogP contribution in [0.1, 0.15) is 18.5 Å². The summed E-state index contributed by atoms with van der Waals surface area (Å²) in [6.07, 6.45) is 3.53. The van der Waals surface area contributed by atoms with E-state index in [0.717, 1.165) is 5.56 Å². The molecular formula is C10H14N6O2. The molecule has 0 fully saturated rings. The number of anilines is 1. The first-order valence-corrected chi connectivity index (χ1v) is 5.32. The van der Waals surface area contributed by atoms with Gasteiger partial charge in [-0.3, -0.25) is 5.10 Å². The van der Waals surface area contributed by atoms with Gasteiger partial charge in [-0.2, -0.15) is 15.1 Å². The zero-order valence-corrected chi connectivity index (χ0v) is 10.3. The van der Waals surface area contributed by atoms with E-state index in [2.05, 4.69) is 30.5 Å². The van der Waals surface area contributed by atoms with Crippen molar-refractivity contribution in [2.75, 3.05) is 19.5 Å². The maximum absolute atomic E-state index is 4.97. The van der Waals surface area contributed by atoms with Gasteiger partial charge in [0.2, 0.25) is 5.95 Å². The van der Waals surface area contributed by atoms with Gasteiger partial charge < -0.3 is 14.8 Å². The Kier molecular flexibility index (Phi) is 3.56. The molecule has 0 aromatic carbocycles. The molecule has 0 radical (unpaired) electrons. The molecule has 0 bridgehead atoms. The highest BCUT2D eigenvalue weighted by molar-refractivity contribution is 5.31. The van der Waals surface area contributed by atoms with Gasteiger partial charge in [-0.1, -0.05) is 0 Å². The van der Waals surface area contributed by atoms with E-state index in [9.17, 15) is 0 Å². The van der Waals surface area contributed by atoms with Crippen LogP contribution < -0.4 is 14.8 Å². The molecule has 0 aliphatic heterocycles. The Balaban J connectivity index is 2.17. The second-order valence-corrected chi connectivity index (χ2v) is 3.53. The first-order valence-electron chi connectivity index (χ1n) is 5.32. The first-order chi connectivity index (χ1) is 8.72. The van der Waals surface area contributed by atoms with Crippen molar-refractivity contribution >= 4 is 5.95 Å². The van der Waals surface area contributed by atoms with Gasteiger partial charge in [0.1, 0.15) is 0 Å². The highest BCUT2D eigenvalue weighted by Crippen LogP contribution is 2.18. The smallest absolute Gasteiger partial charge is 0.324 e. The van der Waals surface area contributed by atoms with Gasteiger partial charge in [-0.25, -0.2) is 0 Å². The molecule has 0 amide bonds. The third kappa shape index (κ3) is 2.65. The average molecular weight is 250 g/mol. The van der Waals surface area contributed by atoms with Crippen LogP contribution in [0.5, 0.6) is 12.0 Å². The third-order valence-electron chi connectivity index (χ3n) is 2.32. The molecule has 1 atom stereocenters. The summed E-state index contributed by atoms with van der Waals surface area (Å²) in [4.78, 5) is 12.1. The second-order valence-electron chi connectivity index (χ2n) is 3.53.